The van der Waals surface area contributed by atoms with Crippen molar-refractivity contribution in [3.8, 4) is 0 Å². The first kappa shape index (κ1) is 14.9. The van der Waals surface area contributed by atoms with Gasteiger partial charge in [-0.15, -0.1) is 0 Å². The maximum atomic E-state index is 12.1. The molecule has 0 bridgehead atoms. The molecule has 0 radical (unpaired) electrons. The molecule has 5 heteroatoms. The highest BCUT2D eigenvalue weighted by Gasteiger charge is 2.08. The van der Waals surface area contributed by atoms with Crippen molar-refractivity contribution in [1.82, 2.24) is 0 Å². The number of halogens is 2. The van der Waals surface area contributed by atoms with Crippen LogP contribution in [0.5, 0.6) is 0 Å². The first-order valence-corrected chi connectivity index (χ1v) is 6.81. The van der Waals surface area contributed by atoms with E-state index in [1.54, 1.807) is 30.3 Å². The zero-order chi connectivity index (χ0) is 14.5. The van der Waals surface area contributed by atoms with E-state index in [0.717, 1.165) is 5.56 Å². The average Bonchev–Trinajstić information content (AvgIpc) is 2.40. The number of benzene rings is 2. The minimum Gasteiger partial charge on any atom is -0.396 e. The van der Waals surface area contributed by atoms with Gasteiger partial charge < -0.3 is 10.4 Å². The number of carbonyl (C=O) groups excluding carboxylic acids is 1. The van der Waals surface area contributed by atoms with Crippen molar-refractivity contribution in [3.05, 3.63) is 63.6 Å². The van der Waals surface area contributed by atoms with Gasteiger partial charge in [0.15, 0.2) is 0 Å². The largest absolute Gasteiger partial charge is 0.396 e. The topological polar surface area (TPSA) is 49.3 Å². The third-order valence-electron chi connectivity index (χ3n) is 2.74. The highest BCUT2D eigenvalue weighted by Crippen LogP contribution is 2.20. The Balaban J connectivity index is 2.10. The fourth-order valence-corrected chi connectivity index (χ4v) is 2.30. The molecule has 20 heavy (non-hydrogen) atoms. The molecule has 2 aromatic rings. The monoisotopic (exact) mass is 309 g/mol. The number of hydrogen-bond acceptors (Lipinski definition) is 2. The lowest BCUT2D eigenvalue weighted by atomic mass is 10.1. The lowest BCUT2D eigenvalue weighted by Gasteiger charge is -2.07. The summed E-state index contributed by atoms with van der Waals surface area (Å²) in [5.74, 6) is -0.274. The van der Waals surface area contributed by atoms with Crippen LogP contribution in [0.4, 0.5) is 5.69 Å². The number of rotatable bonds is 4. The molecule has 0 unspecified atom stereocenters. The van der Waals surface area contributed by atoms with Crippen molar-refractivity contribution in [2.24, 2.45) is 0 Å². The predicted octanol–water partition coefficient (Wildman–Crippen LogP) is 3.78. The number of carbonyl (C=O) groups is 1. The Morgan fingerprint density at radius 1 is 1.05 bits per heavy atom. The smallest absolute Gasteiger partial charge is 0.255 e. The van der Waals surface area contributed by atoms with E-state index in [1.807, 2.05) is 12.1 Å². The van der Waals surface area contributed by atoms with Crippen LogP contribution >= 0.6 is 23.2 Å². The van der Waals surface area contributed by atoms with E-state index in [2.05, 4.69) is 5.32 Å². The molecule has 0 aliphatic carbocycles. The van der Waals surface area contributed by atoms with Crippen molar-refractivity contribution < 1.29 is 9.90 Å². The molecule has 0 aliphatic rings. The lowest BCUT2D eigenvalue weighted by Crippen LogP contribution is -2.11. The van der Waals surface area contributed by atoms with Crippen molar-refractivity contribution in [2.75, 3.05) is 11.9 Å². The zero-order valence-electron chi connectivity index (χ0n) is 10.6. The van der Waals surface area contributed by atoms with Gasteiger partial charge in [0, 0.05) is 27.9 Å². The number of aliphatic hydroxyl groups is 1. The van der Waals surface area contributed by atoms with Gasteiger partial charge in [-0.25, -0.2) is 0 Å². The number of amides is 1. The summed E-state index contributed by atoms with van der Waals surface area (Å²) in [6.45, 7) is 0.104. The van der Waals surface area contributed by atoms with Crippen LogP contribution in [-0.2, 0) is 6.42 Å². The van der Waals surface area contributed by atoms with Gasteiger partial charge in [0.1, 0.15) is 0 Å². The minimum atomic E-state index is -0.274. The molecule has 0 aromatic heterocycles. The third-order valence-corrected chi connectivity index (χ3v) is 3.17. The van der Waals surface area contributed by atoms with Crippen LogP contribution in [-0.4, -0.2) is 17.6 Å². The third kappa shape index (κ3) is 3.97. The van der Waals surface area contributed by atoms with E-state index < -0.39 is 0 Å². The Bertz CT molecular complexity index is 592. The zero-order valence-corrected chi connectivity index (χ0v) is 12.1. The standard InChI is InChI=1S/C15H13Cl2NO2/c16-12-7-11(8-13(17)9-12)15(20)18-14-3-1-10(2-4-14)5-6-19/h1-4,7-9,19H,5-6H2,(H,18,20). The molecule has 0 saturated carbocycles. The molecular formula is C15H13Cl2NO2. The number of nitrogens with one attached hydrogen (secondary N) is 1. The van der Waals surface area contributed by atoms with Crippen LogP contribution in [0.2, 0.25) is 10.0 Å². The normalized spacial score (nSPS) is 10.3. The Hall–Kier alpha value is -1.55. The van der Waals surface area contributed by atoms with E-state index >= 15 is 0 Å². The van der Waals surface area contributed by atoms with Gasteiger partial charge in [0.05, 0.1) is 0 Å². The summed E-state index contributed by atoms with van der Waals surface area (Å²) >= 11 is 11.7. The molecule has 0 heterocycles. The molecule has 3 nitrogen and oxygen atoms in total. The summed E-state index contributed by atoms with van der Waals surface area (Å²) in [6.07, 6.45) is 0.595. The fourth-order valence-electron chi connectivity index (χ4n) is 1.77. The van der Waals surface area contributed by atoms with Gasteiger partial charge in [0.25, 0.3) is 5.91 Å². The molecule has 2 N–H and O–H groups in total. The van der Waals surface area contributed by atoms with Crippen LogP contribution in [0.1, 0.15) is 15.9 Å². The van der Waals surface area contributed by atoms with Gasteiger partial charge in [0.2, 0.25) is 0 Å². The first-order chi connectivity index (χ1) is 9.58. The van der Waals surface area contributed by atoms with Gasteiger partial charge in [-0.3, -0.25) is 4.79 Å². The number of anilines is 1. The van der Waals surface area contributed by atoms with Crippen molar-refractivity contribution >= 4 is 34.8 Å². The van der Waals surface area contributed by atoms with E-state index in [4.69, 9.17) is 28.3 Å². The molecule has 0 saturated heterocycles. The number of hydrogen-bond donors (Lipinski definition) is 2. The van der Waals surface area contributed by atoms with Gasteiger partial charge >= 0.3 is 0 Å². The van der Waals surface area contributed by atoms with Gasteiger partial charge in [-0.2, -0.15) is 0 Å². The molecule has 0 spiro atoms. The summed E-state index contributed by atoms with van der Waals surface area (Å²) in [6, 6.07) is 12.0. The molecule has 0 atom stereocenters. The van der Waals surface area contributed by atoms with Crippen LogP contribution in [0.15, 0.2) is 42.5 Å². The predicted molar refractivity (Wildman–Crippen MR) is 81.6 cm³/mol. The minimum absolute atomic E-state index is 0.104. The van der Waals surface area contributed by atoms with Crippen LogP contribution in [0, 0.1) is 0 Å². The Labute approximate surface area is 127 Å². The van der Waals surface area contributed by atoms with E-state index in [0.29, 0.717) is 27.7 Å². The summed E-state index contributed by atoms with van der Waals surface area (Å²) in [4.78, 5) is 12.1. The highest BCUT2D eigenvalue weighted by atomic mass is 35.5. The number of aliphatic hydroxyl groups excluding tert-OH is 1. The summed E-state index contributed by atoms with van der Waals surface area (Å²) in [7, 11) is 0. The second-order valence-electron chi connectivity index (χ2n) is 4.28. The van der Waals surface area contributed by atoms with Crippen LogP contribution in [0.25, 0.3) is 0 Å². The van der Waals surface area contributed by atoms with E-state index in [1.165, 1.54) is 0 Å². The Kier molecular flexibility index (Phi) is 5.01. The Morgan fingerprint density at radius 3 is 2.20 bits per heavy atom. The molecule has 1 amide bonds. The van der Waals surface area contributed by atoms with Crippen molar-refractivity contribution in [3.63, 3.8) is 0 Å². The van der Waals surface area contributed by atoms with Crippen LogP contribution < -0.4 is 5.32 Å². The van der Waals surface area contributed by atoms with Gasteiger partial charge in [-0.05, 0) is 42.3 Å². The Morgan fingerprint density at radius 2 is 1.65 bits per heavy atom. The van der Waals surface area contributed by atoms with Gasteiger partial charge in [-0.1, -0.05) is 35.3 Å². The summed E-state index contributed by atoms with van der Waals surface area (Å²) in [5, 5.41) is 12.4. The molecule has 0 fully saturated rings. The van der Waals surface area contributed by atoms with Crippen LogP contribution in [0.3, 0.4) is 0 Å². The summed E-state index contributed by atoms with van der Waals surface area (Å²) < 4.78 is 0. The maximum Gasteiger partial charge on any atom is 0.255 e. The van der Waals surface area contributed by atoms with Crippen molar-refractivity contribution in [2.45, 2.75) is 6.42 Å². The molecule has 2 rings (SSSR count). The molecule has 2 aromatic carbocycles. The quantitative estimate of drug-likeness (QED) is 0.903. The fraction of sp³-hybridized carbons (Fsp3) is 0.133. The molecule has 0 aliphatic heterocycles. The molecule has 104 valence electrons. The second-order valence-corrected chi connectivity index (χ2v) is 5.16. The van der Waals surface area contributed by atoms with E-state index in [-0.39, 0.29) is 12.5 Å². The first-order valence-electron chi connectivity index (χ1n) is 6.06. The maximum absolute atomic E-state index is 12.1. The highest BCUT2D eigenvalue weighted by molar-refractivity contribution is 6.35. The SMILES string of the molecule is O=C(Nc1ccc(CCO)cc1)c1cc(Cl)cc(Cl)c1. The van der Waals surface area contributed by atoms with Crippen molar-refractivity contribution in [1.29, 1.82) is 0 Å². The second kappa shape index (κ2) is 6.75. The average molecular weight is 310 g/mol. The summed E-state index contributed by atoms with van der Waals surface area (Å²) in [5.41, 5.74) is 2.09. The lowest BCUT2D eigenvalue weighted by molar-refractivity contribution is 0.102. The molecular weight excluding hydrogens is 297 g/mol. The van der Waals surface area contributed by atoms with E-state index in [9.17, 15) is 4.79 Å².